The second-order valence-corrected chi connectivity index (χ2v) is 13.3. The Balaban J connectivity index is 1.56. The van der Waals surface area contributed by atoms with Gasteiger partial charge in [-0.25, -0.2) is 0 Å². The summed E-state index contributed by atoms with van der Waals surface area (Å²) in [5.41, 5.74) is 4.62. The third kappa shape index (κ3) is 9.10. The summed E-state index contributed by atoms with van der Waals surface area (Å²) in [5.74, 6) is -4.32. The zero-order valence-electron chi connectivity index (χ0n) is 29.0. The molecule has 2 saturated heterocycles. The molecule has 3 heterocycles. The molecule has 3 aliphatic heterocycles. The van der Waals surface area contributed by atoms with Gasteiger partial charge >= 0.3 is 0 Å². The van der Waals surface area contributed by atoms with Gasteiger partial charge in [0.05, 0.1) is 12.1 Å². The Morgan fingerprint density at radius 1 is 0.925 bits per heavy atom. The number of aliphatic hydroxyl groups is 1. The molecule has 0 aliphatic carbocycles. The second-order valence-electron chi connectivity index (χ2n) is 13.3. The minimum absolute atomic E-state index is 0.00517. The molecular weight excluding hydrogens is 686 g/mol. The first kappa shape index (κ1) is 38.3. The number of rotatable bonds is 6. The van der Waals surface area contributed by atoms with Crippen LogP contribution >= 0.6 is 0 Å². The fourth-order valence-corrected chi connectivity index (χ4v) is 6.97. The number of likely N-dealkylation sites (tertiary alicyclic amines) is 1. The summed E-state index contributed by atoms with van der Waals surface area (Å²) in [5, 5.41) is 43.5. The monoisotopic (exact) mass is 731 g/mol. The lowest BCUT2D eigenvalue weighted by atomic mass is 9.90. The lowest BCUT2D eigenvalue weighted by Crippen LogP contribution is -2.75. The van der Waals surface area contributed by atoms with E-state index in [1.165, 1.54) is 29.2 Å². The number of phenols is 1. The summed E-state index contributed by atoms with van der Waals surface area (Å²) in [6.45, 7) is -0.145. The van der Waals surface area contributed by atoms with Gasteiger partial charge in [-0.3, -0.25) is 34.2 Å². The number of benzene rings is 2. The minimum Gasteiger partial charge on any atom is -0.508 e. The van der Waals surface area contributed by atoms with Crippen molar-refractivity contribution in [3.8, 4) is 5.75 Å². The number of nitrogens with zero attached hydrogens (tertiary/aromatic N) is 2. The Kier molecular flexibility index (Phi) is 12.3. The molecule has 10 N–H and O–H groups in total. The first-order valence-corrected chi connectivity index (χ1v) is 17.4. The Morgan fingerprint density at radius 3 is 2.32 bits per heavy atom. The molecule has 5 rings (SSSR count). The summed E-state index contributed by atoms with van der Waals surface area (Å²) < 4.78 is 0. The molecule has 2 unspecified atom stereocenters. The minimum atomic E-state index is -2.62. The number of hydrogen-bond donors (Lipinski definition) is 9. The number of guanidine groups is 1. The van der Waals surface area contributed by atoms with E-state index in [1.807, 2.05) is 0 Å². The fraction of sp³-hybridized carbons (Fsp3) is 0.417. The van der Waals surface area contributed by atoms with Gasteiger partial charge in [-0.05, 0) is 55.4 Å². The normalized spacial score (nSPS) is 28.0. The first-order valence-electron chi connectivity index (χ1n) is 17.4. The van der Waals surface area contributed by atoms with Crippen LogP contribution in [0.5, 0.6) is 5.75 Å². The van der Waals surface area contributed by atoms with E-state index in [0.29, 0.717) is 30.4 Å². The number of piperidine rings is 1. The average Bonchev–Trinajstić information content (AvgIpc) is 3.64. The van der Waals surface area contributed by atoms with Gasteiger partial charge in [0.1, 0.15) is 23.9 Å². The molecule has 17 heteroatoms. The highest BCUT2D eigenvalue weighted by atomic mass is 16.3. The molecule has 2 aromatic rings. The lowest BCUT2D eigenvalue weighted by molar-refractivity contribution is -0.170. The molecular formula is C36H45N9O8. The molecule has 0 bridgehead atoms. The number of amides is 6. The Morgan fingerprint density at radius 2 is 1.62 bits per heavy atom. The summed E-state index contributed by atoms with van der Waals surface area (Å²) in [6, 6.07) is 9.33. The van der Waals surface area contributed by atoms with Crippen molar-refractivity contribution < 1.29 is 39.0 Å². The van der Waals surface area contributed by atoms with Crippen LogP contribution in [0.4, 0.5) is 0 Å². The van der Waals surface area contributed by atoms with E-state index < -0.39 is 71.4 Å². The predicted molar refractivity (Wildman–Crippen MR) is 190 cm³/mol. The van der Waals surface area contributed by atoms with Gasteiger partial charge < -0.3 is 52.3 Å². The molecule has 0 radical (unpaired) electrons. The Hall–Kier alpha value is -5.97. The van der Waals surface area contributed by atoms with Crippen LogP contribution in [0, 0.1) is 5.41 Å². The molecule has 0 spiro atoms. The lowest BCUT2D eigenvalue weighted by Gasteiger charge is -2.47. The molecule has 282 valence electrons. The van der Waals surface area contributed by atoms with Gasteiger partial charge in [0, 0.05) is 32.1 Å². The van der Waals surface area contributed by atoms with Crippen molar-refractivity contribution in [2.75, 3.05) is 19.6 Å². The number of nitrogens with two attached hydrogens (primary N) is 1. The van der Waals surface area contributed by atoms with E-state index in [0.717, 1.165) is 4.90 Å². The van der Waals surface area contributed by atoms with E-state index in [1.54, 1.807) is 42.5 Å². The van der Waals surface area contributed by atoms with Crippen molar-refractivity contribution in [3.05, 3.63) is 77.9 Å². The molecule has 53 heavy (non-hydrogen) atoms. The van der Waals surface area contributed by atoms with Crippen molar-refractivity contribution in [1.29, 1.82) is 5.41 Å². The topological polar surface area (TPSA) is 259 Å². The zero-order chi connectivity index (χ0) is 38.1. The summed E-state index contributed by atoms with van der Waals surface area (Å²) in [7, 11) is 0. The van der Waals surface area contributed by atoms with Crippen LogP contribution in [0.2, 0.25) is 0 Å². The molecule has 2 aromatic carbocycles. The largest absolute Gasteiger partial charge is 0.508 e. The van der Waals surface area contributed by atoms with Crippen LogP contribution in [0.3, 0.4) is 0 Å². The van der Waals surface area contributed by atoms with E-state index in [2.05, 4.69) is 26.6 Å². The van der Waals surface area contributed by atoms with Gasteiger partial charge in [-0.2, -0.15) is 0 Å². The number of aromatic hydroxyl groups is 1. The maximum absolute atomic E-state index is 14.3. The van der Waals surface area contributed by atoms with Crippen LogP contribution in [-0.4, -0.2) is 117 Å². The molecule has 0 aromatic heterocycles. The van der Waals surface area contributed by atoms with E-state index in [4.69, 9.17) is 11.1 Å². The van der Waals surface area contributed by atoms with E-state index >= 15 is 0 Å². The Bertz CT molecular complexity index is 1720. The van der Waals surface area contributed by atoms with Crippen molar-refractivity contribution in [3.63, 3.8) is 0 Å². The van der Waals surface area contributed by atoms with Crippen LogP contribution in [-0.2, 0) is 41.6 Å². The highest BCUT2D eigenvalue weighted by Gasteiger charge is 2.54. The molecule has 0 saturated carbocycles. The highest BCUT2D eigenvalue weighted by Crippen LogP contribution is 2.28. The summed E-state index contributed by atoms with van der Waals surface area (Å²) in [6.07, 6.45) is 4.16. The summed E-state index contributed by atoms with van der Waals surface area (Å²) in [4.78, 5) is 82.8. The van der Waals surface area contributed by atoms with Gasteiger partial charge in [-0.1, -0.05) is 48.5 Å². The SMILES string of the molecule is N=C(N)N1CCC[C@@H]2NC(=O)[C@@H]3CCCN3C(=O)[C@@H](NC=O)CNC(=O)/C=C/[C@H](Cc3ccc(O)cc3)NC(=O)C(Cc3ccccc3)NC(=O)C21O. The summed E-state index contributed by atoms with van der Waals surface area (Å²) >= 11 is 0. The van der Waals surface area contributed by atoms with Crippen LogP contribution in [0.1, 0.15) is 36.8 Å². The maximum Gasteiger partial charge on any atom is 0.276 e. The zero-order valence-corrected chi connectivity index (χ0v) is 29.0. The van der Waals surface area contributed by atoms with Gasteiger partial charge in [0.15, 0.2) is 5.96 Å². The number of phenolic OH excluding ortho intramolecular Hbond substituents is 1. The first-order chi connectivity index (χ1) is 25.4. The van der Waals surface area contributed by atoms with Gasteiger partial charge in [0.2, 0.25) is 35.8 Å². The van der Waals surface area contributed by atoms with Crippen molar-refractivity contribution >= 4 is 41.9 Å². The third-order valence-corrected chi connectivity index (χ3v) is 9.70. The van der Waals surface area contributed by atoms with Crippen LogP contribution < -0.4 is 32.3 Å². The van der Waals surface area contributed by atoms with Crippen molar-refractivity contribution in [2.45, 2.75) is 74.5 Å². The van der Waals surface area contributed by atoms with Crippen molar-refractivity contribution in [2.24, 2.45) is 5.73 Å². The molecule has 6 amide bonds. The highest BCUT2D eigenvalue weighted by molar-refractivity contribution is 5.96. The maximum atomic E-state index is 14.3. The number of fused-ring (bicyclic) bond motifs is 2. The molecule has 2 fully saturated rings. The van der Waals surface area contributed by atoms with Gasteiger partial charge in [-0.15, -0.1) is 0 Å². The molecule has 17 nitrogen and oxygen atoms in total. The predicted octanol–water partition coefficient (Wildman–Crippen LogP) is -1.90. The average molecular weight is 732 g/mol. The fourth-order valence-electron chi connectivity index (χ4n) is 6.97. The van der Waals surface area contributed by atoms with E-state index in [9.17, 15) is 39.0 Å². The van der Waals surface area contributed by atoms with Gasteiger partial charge in [0.25, 0.3) is 5.91 Å². The number of carbonyl (C=O) groups is 6. The number of hydrogen-bond acceptors (Lipinski definition) is 9. The molecule has 3 aliphatic rings. The molecule has 6 atom stereocenters. The third-order valence-electron chi connectivity index (χ3n) is 9.70. The smallest absolute Gasteiger partial charge is 0.276 e. The van der Waals surface area contributed by atoms with Crippen LogP contribution in [0.15, 0.2) is 66.7 Å². The number of carbonyl (C=O) groups excluding carboxylic acids is 6. The quantitative estimate of drug-likeness (QED) is 0.0906. The second kappa shape index (κ2) is 17.0. The Labute approximate surface area is 305 Å². The van der Waals surface area contributed by atoms with E-state index in [-0.39, 0.29) is 51.1 Å². The number of nitrogens with one attached hydrogen (secondary N) is 6. The van der Waals surface area contributed by atoms with Crippen LogP contribution in [0.25, 0.3) is 0 Å². The standard InChI is InChI=1S/C36H45N9O8/c37-35(38)45-17-5-9-29-36(45,53)34(52)42-26(19-22-6-2-1-3-7-22)31(49)41-24(18-23-10-13-25(47)14-11-23)12-15-30(48)39-20-27(40-21-46)33(51)44-16-4-8-28(44)32(50)43-29/h1-3,6-7,10-15,21,24,26-29,47,53H,4-5,8-9,16-20H2,(H3,37,38)(H,39,48)(H,40,46)(H,41,49)(H,42,52)(H,43,50)/b15-12+/t24-,26?,27+,28+,29+,36?/m1/s1. The van der Waals surface area contributed by atoms with Crippen molar-refractivity contribution in [1.82, 2.24) is 36.4 Å².